The van der Waals surface area contributed by atoms with Crippen LogP contribution < -0.4 is 5.32 Å². The lowest BCUT2D eigenvalue weighted by Crippen LogP contribution is -2.18. The maximum absolute atomic E-state index is 11.7. The van der Waals surface area contributed by atoms with E-state index in [4.69, 9.17) is 9.72 Å². The minimum absolute atomic E-state index is 0.0677. The van der Waals surface area contributed by atoms with Gasteiger partial charge in [0.1, 0.15) is 0 Å². The Hall–Kier alpha value is -2.92. The molecule has 32 heavy (non-hydrogen) atoms. The van der Waals surface area contributed by atoms with Crippen molar-refractivity contribution >= 4 is 22.6 Å². The molecular formula is C27H30N2O3. The second kappa shape index (κ2) is 8.55. The molecule has 2 fully saturated rings. The number of carboxylic acids is 1. The van der Waals surface area contributed by atoms with Gasteiger partial charge in [-0.1, -0.05) is 18.2 Å². The molecule has 5 heteroatoms. The largest absolute Gasteiger partial charge is 0.478 e. The van der Waals surface area contributed by atoms with Crippen molar-refractivity contribution in [1.29, 1.82) is 0 Å². The highest BCUT2D eigenvalue weighted by Gasteiger charge is 2.31. The molecule has 1 aliphatic carbocycles. The number of fused-ring (bicyclic) bond motifs is 1. The number of pyridine rings is 1. The van der Waals surface area contributed by atoms with Gasteiger partial charge in [0, 0.05) is 41.3 Å². The number of aromatic nitrogens is 1. The minimum atomic E-state index is -0.926. The number of para-hydroxylation sites is 1. The summed E-state index contributed by atoms with van der Waals surface area (Å²) in [7, 11) is 0. The third kappa shape index (κ3) is 4.09. The van der Waals surface area contributed by atoms with Crippen LogP contribution >= 0.6 is 0 Å². The van der Waals surface area contributed by atoms with Gasteiger partial charge in [-0.2, -0.15) is 0 Å². The van der Waals surface area contributed by atoms with E-state index >= 15 is 0 Å². The molecule has 166 valence electrons. The molecule has 3 aromatic rings. The zero-order valence-corrected chi connectivity index (χ0v) is 18.7. The number of aryl methyl sites for hydroxylation is 1. The number of aromatic carboxylic acids is 1. The Kier molecular flexibility index (Phi) is 5.60. The van der Waals surface area contributed by atoms with Crippen molar-refractivity contribution in [2.45, 2.75) is 57.4 Å². The van der Waals surface area contributed by atoms with Crippen molar-refractivity contribution in [2.75, 3.05) is 18.5 Å². The number of ether oxygens (including phenoxy) is 1. The average Bonchev–Trinajstić information content (AvgIpc) is 3.64. The number of carbonyl (C=O) groups is 1. The SMILES string of the molecule is Cc1cc([C@@H](C)Nc2ccccc2C(=O)O)c2cc(C3CCCOC3)c(C3CC3)nc2c1. The van der Waals surface area contributed by atoms with Gasteiger partial charge in [0.15, 0.2) is 0 Å². The van der Waals surface area contributed by atoms with Gasteiger partial charge < -0.3 is 15.2 Å². The minimum Gasteiger partial charge on any atom is -0.478 e. The molecule has 1 saturated heterocycles. The number of rotatable bonds is 6. The van der Waals surface area contributed by atoms with Crippen molar-refractivity contribution < 1.29 is 14.6 Å². The van der Waals surface area contributed by atoms with E-state index in [1.165, 1.54) is 24.1 Å². The van der Waals surface area contributed by atoms with Crippen molar-refractivity contribution in [3.63, 3.8) is 0 Å². The molecule has 2 atom stereocenters. The molecule has 5 nitrogen and oxygen atoms in total. The first kappa shape index (κ1) is 21.0. The fraction of sp³-hybridized carbons (Fsp3) is 0.407. The monoisotopic (exact) mass is 430 g/mol. The summed E-state index contributed by atoms with van der Waals surface area (Å²) in [5.74, 6) is 0.0596. The van der Waals surface area contributed by atoms with Crippen LogP contribution in [0.4, 0.5) is 5.69 Å². The molecule has 1 aromatic heterocycles. The van der Waals surface area contributed by atoms with Crippen LogP contribution in [-0.2, 0) is 4.74 Å². The van der Waals surface area contributed by atoms with E-state index in [0.717, 1.165) is 48.1 Å². The van der Waals surface area contributed by atoms with Crippen LogP contribution in [0.25, 0.3) is 10.9 Å². The first-order valence-corrected chi connectivity index (χ1v) is 11.6. The maximum atomic E-state index is 11.7. The number of hydrogen-bond acceptors (Lipinski definition) is 4. The van der Waals surface area contributed by atoms with E-state index < -0.39 is 5.97 Å². The van der Waals surface area contributed by atoms with Crippen LogP contribution in [0.15, 0.2) is 42.5 Å². The second-order valence-electron chi connectivity index (χ2n) is 9.29. The molecule has 2 aromatic carbocycles. The van der Waals surface area contributed by atoms with Crippen molar-refractivity contribution in [1.82, 2.24) is 4.98 Å². The Morgan fingerprint density at radius 2 is 1.97 bits per heavy atom. The quantitative estimate of drug-likeness (QED) is 0.488. The molecule has 0 amide bonds. The summed E-state index contributed by atoms with van der Waals surface area (Å²) in [4.78, 5) is 16.9. The molecule has 2 aliphatic rings. The summed E-state index contributed by atoms with van der Waals surface area (Å²) < 4.78 is 5.82. The Morgan fingerprint density at radius 1 is 1.16 bits per heavy atom. The van der Waals surface area contributed by atoms with Gasteiger partial charge in [-0.3, -0.25) is 4.98 Å². The number of nitrogens with zero attached hydrogens (tertiary/aromatic N) is 1. The fourth-order valence-corrected chi connectivity index (χ4v) is 4.94. The van der Waals surface area contributed by atoms with Crippen LogP contribution in [0.3, 0.4) is 0 Å². The first-order chi connectivity index (χ1) is 15.5. The Balaban J connectivity index is 1.59. The summed E-state index contributed by atoms with van der Waals surface area (Å²) in [5, 5.41) is 14.2. The van der Waals surface area contributed by atoms with Crippen LogP contribution in [0.2, 0.25) is 0 Å². The highest BCUT2D eigenvalue weighted by Crippen LogP contribution is 2.45. The van der Waals surface area contributed by atoms with Gasteiger partial charge in [-0.15, -0.1) is 0 Å². The first-order valence-electron chi connectivity index (χ1n) is 11.6. The molecule has 1 aliphatic heterocycles. The van der Waals surface area contributed by atoms with Gasteiger partial charge in [-0.05, 0) is 80.5 Å². The van der Waals surface area contributed by atoms with E-state index in [2.05, 4.69) is 37.4 Å². The normalized spacial score (nSPS) is 19.6. The van der Waals surface area contributed by atoms with Gasteiger partial charge in [0.25, 0.3) is 0 Å². The standard InChI is InChI=1S/C27H30N2O3/c1-16-12-21(17(2)28-24-8-4-3-7-20(24)27(30)31)23-14-22(19-6-5-11-32-15-19)26(18-9-10-18)29-25(23)13-16/h3-4,7-8,12-14,17-19,28H,5-6,9-11,15H2,1-2H3,(H,30,31)/t17-,19?/m1/s1. The zero-order chi connectivity index (χ0) is 22.2. The third-order valence-corrected chi connectivity index (χ3v) is 6.73. The zero-order valence-electron chi connectivity index (χ0n) is 18.7. The summed E-state index contributed by atoms with van der Waals surface area (Å²) in [6.45, 7) is 5.81. The molecule has 1 saturated carbocycles. The summed E-state index contributed by atoms with van der Waals surface area (Å²) in [6, 6.07) is 13.7. The molecule has 0 radical (unpaired) electrons. The van der Waals surface area contributed by atoms with E-state index in [-0.39, 0.29) is 11.6 Å². The lowest BCUT2D eigenvalue weighted by atomic mass is 9.88. The average molecular weight is 431 g/mol. The van der Waals surface area contributed by atoms with Gasteiger partial charge in [0.2, 0.25) is 0 Å². The van der Waals surface area contributed by atoms with Crippen molar-refractivity contribution in [2.24, 2.45) is 0 Å². The van der Waals surface area contributed by atoms with Crippen LogP contribution in [-0.4, -0.2) is 29.3 Å². The smallest absolute Gasteiger partial charge is 0.337 e. The highest BCUT2D eigenvalue weighted by molar-refractivity contribution is 5.94. The van der Waals surface area contributed by atoms with E-state index in [0.29, 0.717) is 17.5 Å². The van der Waals surface area contributed by atoms with Gasteiger partial charge >= 0.3 is 5.97 Å². The van der Waals surface area contributed by atoms with Crippen molar-refractivity contribution in [3.8, 4) is 0 Å². The highest BCUT2D eigenvalue weighted by atomic mass is 16.5. The van der Waals surface area contributed by atoms with E-state index in [9.17, 15) is 9.90 Å². The second-order valence-corrected chi connectivity index (χ2v) is 9.29. The molecular weight excluding hydrogens is 400 g/mol. The maximum Gasteiger partial charge on any atom is 0.337 e. The predicted octanol–water partition coefficient (Wildman–Crippen LogP) is 6.19. The van der Waals surface area contributed by atoms with Crippen LogP contribution in [0.1, 0.15) is 83.2 Å². The molecule has 2 heterocycles. The Morgan fingerprint density at radius 3 is 2.69 bits per heavy atom. The summed E-state index contributed by atoms with van der Waals surface area (Å²) in [6.07, 6.45) is 4.69. The van der Waals surface area contributed by atoms with E-state index in [1.807, 2.05) is 12.1 Å². The lowest BCUT2D eigenvalue weighted by molar-refractivity contribution is 0.0698. The lowest BCUT2D eigenvalue weighted by Gasteiger charge is -2.26. The van der Waals surface area contributed by atoms with Crippen molar-refractivity contribution in [3.05, 3.63) is 70.4 Å². The number of hydrogen-bond donors (Lipinski definition) is 2. The molecule has 0 spiro atoms. The number of carboxylic acid groups (broad SMARTS) is 1. The topological polar surface area (TPSA) is 71.5 Å². The fourth-order valence-electron chi connectivity index (χ4n) is 4.94. The third-order valence-electron chi connectivity index (χ3n) is 6.73. The van der Waals surface area contributed by atoms with E-state index in [1.54, 1.807) is 12.1 Å². The van der Waals surface area contributed by atoms with Crippen LogP contribution in [0.5, 0.6) is 0 Å². The Bertz CT molecular complexity index is 1160. The molecule has 0 bridgehead atoms. The molecule has 5 rings (SSSR count). The Labute approximate surface area is 188 Å². The predicted molar refractivity (Wildman–Crippen MR) is 127 cm³/mol. The number of benzene rings is 2. The van der Waals surface area contributed by atoms with Gasteiger partial charge in [-0.25, -0.2) is 4.79 Å². The number of anilines is 1. The number of nitrogens with one attached hydrogen (secondary N) is 1. The molecule has 1 unspecified atom stereocenters. The van der Waals surface area contributed by atoms with Gasteiger partial charge in [0.05, 0.1) is 17.7 Å². The molecule has 2 N–H and O–H groups in total. The summed E-state index contributed by atoms with van der Waals surface area (Å²) in [5.41, 5.74) is 6.87. The van der Waals surface area contributed by atoms with Crippen LogP contribution in [0, 0.1) is 6.92 Å². The summed E-state index contributed by atoms with van der Waals surface area (Å²) >= 11 is 0.